The van der Waals surface area contributed by atoms with E-state index in [0.717, 1.165) is 22.4 Å². The predicted molar refractivity (Wildman–Crippen MR) is 187 cm³/mol. The second-order valence-corrected chi connectivity index (χ2v) is 12.2. The molecule has 0 saturated carbocycles. The smallest absolute Gasteiger partial charge is 0.251 e. The van der Waals surface area contributed by atoms with Gasteiger partial charge in [0.2, 0.25) is 5.91 Å². The van der Waals surface area contributed by atoms with Gasteiger partial charge in [-0.05, 0) is 34.9 Å². The number of carbonyl (C=O) groups excluding carboxylic acids is 2. The average Bonchev–Trinajstić information content (AvgIpc) is 3.70. The van der Waals surface area contributed by atoms with Crippen LogP contribution in [0.4, 0.5) is 17.2 Å². The lowest BCUT2D eigenvalue weighted by molar-refractivity contribution is -0.114. The maximum Gasteiger partial charge on any atom is 0.251 e. The van der Waals surface area contributed by atoms with E-state index in [1.165, 1.54) is 19.6 Å². The van der Waals surface area contributed by atoms with Crippen LogP contribution in [0.5, 0.6) is 0 Å². The predicted octanol–water partition coefficient (Wildman–Crippen LogP) is 2.95. The topological polar surface area (TPSA) is 176 Å². The molecule has 14 heteroatoms. The number of nitrogens with zero attached hydrogens (tertiary/aromatic N) is 5. The quantitative estimate of drug-likeness (QED) is 0.147. The van der Waals surface area contributed by atoms with Crippen molar-refractivity contribution in [2.45, 2.75) is 38.0 Å². The van der Waals surface area contributed by atoms with Crippen LogP contribution in [-0.4, -0.2) is 92.7 Å². The maximum atomic E-state index is 13.2. The van der Waals surface area contributed by atoms with E-state index in [4.69, 9.17) is 9.47 Å². The number of ether oxygens (including phenoxy) is 2. The SMILES string of the molecule is CC(=O)Nc1cc(C(=O)NC[C@H]2O[C@@H](n3cnc4c(NCc5ccc(-c6ccccc6)cc5)ncnc43)[C@H](O)[C@@H]2O)ccc1N1CCOCC1. The van der Waals surface area contributed by atoms with Gasteiger partial charge in [0.25, 0.3) is 5.91 Å². The molecule has 5 aromatic rings. The number of anilines is 3. The van der Waals surface area contributed by atoms with E-state index in [9.17, 15) is 19.8 Å². The molecule has 4 heterocycles. The number of fused-ring (bicyclic) bond motifs is 1. The number of morpholine rings is 1. The largest absolute Gasteiger partial charge is 0.387 e. The lowest BCUT2D eigenvalue weighted by Crippen LogP contribution is -2.40. The Balaban J connectivity index is 1.000. The summed E-state index contributed by atoms with van der Waals surface area (Å²) in [6, 6.07) is 23.5. The molecular weight excluding hydrogens is 640 g/mol. The Morgan fingerprint density at radius 1 is 0.920 bits per heavy atom. The molecular formula is C36H38N8O6. The van der Waals surface area contributed by atoms with Gasteiger partial charge >= 0.3 is 0 Å². The fourth-order valence-electron chi connectivity index (χ4n) is 6.27. The van der Waals surface area contributed by atoms with Gasteiger partial charge in [-0.1, -0.05) is 54.6 Å². The molecule has 2 aliphatic rings. The van der Waals surface area contributed by atoms with Gasteiger partial charge in [0.1, 0.15) is 24.6 Å². The number of carbonyl (C=O) groups is 2. The van der Waals surface area contributed by atoms with E-state index < -0.39 is 30.4 Å². The molecule has 3 aromatic carbocycles. The molecule has 5 N–H and O–H groups in total. The zero-order valence-corrected chi connectivity index (χ0v) is 27.4. The van der Waals surface area contributed by atoms with Crippen LogP contribution in [0.3, 0.4) is 0 Å². The van der Waals surface area contributed by atoms with Crippen LogP contribution < -0.4 is 20.9 Å². The molecule has 7 rings (SSSR count). The summed E-state index contributed by atoms with van der Waals surface area (Å²) in [6.45, 7) is 4.31. The zero-order chi connectivity index (χ0) is 34.6. The highest BCUT2D eigenvalue weighted by Crippen LogP contribution is 2.33. The van der Waals surface area contributed by atoms with E-state index in [1.54, 1.807) is 22.8 Å². The van der Waals surface area contributed by atoms with Gasteiger partial charge in [-0.15, -0.1) is 0 Å². The normalized spacial score (nSPS) is 20.5. The van der Waals surface area contributed by atoms with Crippen molar-refractivity contribution in [3.8, 4) is 11.1 Å². The Morgan fingerprint density at radius 2 is 1.68 bits per heavy atom. The van der Waals surface area contributed by atoms with Crippen molar-refractivity contribution in [1.29, 1.82) is 0 Å². The molecule has 2 aliphatic heterocycles. The number of imidazole rings is 1. The number of benzene rings is 3. The summed E-state index contributed by atoms with van der Waals surface area (Å²) >= 11 is 0. The number of aromatic nitrogens is 4. The van der Waals surface area contributed by atoms with Crippen LogP contribution in [0.15, 0.2) is 85.5 Å². The molecule has 2 fully saturated rings. The number of hydrogen-bond acceptors (Lipinski definition) is 11. The number of amides is 2. The number of nitrogens with one attached hydrogen (secondary N) is 3. The summed E-state index contributed by atoms with van der Waals surface area (Å²) < 4.78 is 13.1. The summed E-state index contributed by atoms with van der Waals surface area (Å²) in [5.74, 6) is -0.172. The molecule has 14 nitrogen and oxygen atoms in total. The van der Waals surface area contributed by atoms with Crippen molar-refractivity contribution in [3.05, 3.63) is 96.6 Å². The van der Waals surface area contributed by atoms with Gasteiger partial charge < -0.3 is 40.5 Å². The maximum absolute atomic E-state index is 13.2. The third kappa shape index (κ3) is 7.00. The highest BCUT2D eigenvalue weighted by Gasteiger charge is 2.44. The molecule has 0 radical (unpaired) electrons. The molecule has 0 unspecified atom stereocenters. The lowest BCUT2D eigenvalue weighted by Gasteiger charge is -2.30. The summed E-state index contributed by atoms with van der Waals surface area (Å²) in [6.07, 6.45) is -1.66. The number of hydrogen-bond donors (Lipinski definition) is 5. The molecule has 0 bridgehead atoms. The summed E-state index contributed by atoms with van der Waals surface area (Å²) in [7, 11) is 0. The van der Waals surface area contributed by atoms with Crippen molar-refractivity contribution >= 4 is 40.2 Å². The standard InChI is InChI=1S/C36H38N8O6/c1-22(45)42-27-17-26(11-12-28(27)43-13-15-49-16-14-43)35(48)38-19-29-31(46)32(47)36(50-29)44-21-41-30-33(39-20-40-34(30)44)37-18-23-7-9-25(10-8-23)24-5-3-2-4-6-24/h2-12,17,20-21,29,31-32,36,46-47H,13-16,18-19H2,1H3,(H,38,48)(H,42,45)(H,37,39,40)/t29-,31-,32-,36-/m1/s1. The van der Waals surface area contributed by atoms with E-state index in [2.05, 4.69) is 72.2 Å². The van der Waals surface area contributed by atoms with Crippen LogP contribution in [0.1, 0.15) is 29.1 Å². The first-order valence-corrected chi connectivity index (χ1v) is 16.5. The fourth-order valence-corrected chi connectivity index (χ4v) is 6.27. The van der Waals surface area contributed by atoms with E-state index in [0.29, 0.717) is 61.1 Å². The third-order valence-corrected chi connectivity index (χ3v) is 8.88. The molecule has 258 valence electrons. The van der Waals surface area contributed by atoms with Crippen molar-refractivity contribution in [1.82, 2.24) is 24.8 Å². The Hall–Kier alpha value is -5.41. The number of aliphatic hydroxyl groups excluding tert-OH is 2. The van der Waals surface area contributed by atoms with E-state index >= 15 is 0 Å². The molecule has 2 saturated heterocycles. The number of rotatable bonds is 10. The first-order chi connectivity index (χ1) is 24.4. The lowest BCUT2D eigenvalue weighted by atomic mass is 10.0. The molecule has 50 heavy (non-hydrogen) atoms. The van der Waals surface area contributed by atoms with Gasteiger partial charge in [0, 0.05) is 38.7 Å². The van der Waals surface area contributed by atoms with Crippen LogP contribution >= 0.6 is 0 Å². The minimum Gasteiger partial charge on any atom is -0.387 e. The Bertz CT molecular complexity index is 1970. The van der Waals surface area contributed by atoms with Crippen molar-refractivity contribution in [2.75, 3.05) is 48.4 Å². The van der Waals surface area contributed by atoms with Crippen LogP contribution in [-0.2, 0) is 20.8 Å². The molecule has 0 aliphatic carbocycles. The van der Waals surface area contributed by atoms with Crippen LogP contribution in [0.25, 0.3) is 22.3 Å². The molecule has 4 atom stereocenters. The van der Waals surface area contributed by atoms with Gasteiger partial charge in [-0.2, -0.15) is 0 Å². The first-order valence-electron chi connectivity index (χ1n) is 16.5. The van der Waals surface area contributed by atoms with Crippen molar-refractivity contribution < 1.29 is 29.3 Å². The monoisotopic (exact) mass is 678 g/mol. The second-order valence-electron chi connectivity index (χ2n) is 12.2. The fraction of sp³-hybridized carbons (Fsp3) is 0.306. The van der Waals surface area contributed by atoms with Gasteiger partial charge in [0.15, 0.2) is 23.2 Å². The third-order valence-electron chi connectivity index (χ3n) is 8.88. The first kappa shape index (κ1) is 33.1. The summed E-state index contributed by atoms with van der Waals surface area (Å²) in [5.41, 5.74) is 5.85. The highest BCUT2D eigenvalue weighted by molar-refractivity contribution is 5.99. The van der Waals surface area contributed by atoms with E-state index in [-0.39, 0.29) is 12.5 Å². The van der Waals surface area contributed by atoms with Crippen molar-refractivity contribution in [2.24, 2.45) is 0 Å². The number of aliphatic hydroxyl groups is 2. The minimum absolute atomic E-state index is 0.0777. The summed E-state index contributed by atoms with van der Waals surface area (Å²) in [4.78, 5) is 40.5. The molecule has 0 spiro atoms. The average molecular weight is 679 g/mol. The summed E-state index contributed by atoms with van der Waals surface area (Å²) in [5, 5.41) is 30.8. The Morgan fingerprint density at radius 3 is 2.44 bits per heavy atom. The van der Waals surface area contributed by atoms with Gasteiger partial charge in [-0.25, -0.2) is 15.0 Å². The Kier molecular flexibility index (Phi) is 9.67. The molecule has 2 amide bonds. The Labute approximate surface area is 288 Å². The van der Waals surface area contributed by atoms with Gasteiger partial charge in [-0.3, -0.25) is 14.2 Å². The second kappa shape index (κ2) is 14.6. The highest BCUT2D eigenvalue weighted by atomic mass is 16.6. The zero-order valence-electron chi connectivity index (χ0n) is 27.4. The van der Waals surface area contributed by atoms with Crippen molar-refractivity contribution in [3.63, 3.8) is 0 Å². The molecule has 2 aromatic heterocycles. The van der Waals surface area contributed by atoms with E-state index in [1.807, 2.05) is 18.2 Å². The minimum atomic E-state index is -1.32. The van der Waals surface area contributed by atoms with Crippen LogP contribution in [0, 0.1) is 0 Å². The van der Waals surface area contributed by atoms with Crippen LogP contribution in [0.2, 0.25) is 0 Å². The van der Waals surface area contributed by atoms with Gasteiger partial charge in [0.05, 0.1) is 30.9 Å².